The maximum Gasteiger partial charge on any atom is 0.246 e. The zero-order valence-corrected chi connectivity index (χ0v) is 14.3. The van der Waals surface area contributed by atoms with Gasteiger partial charge >= 0.3 is 0 Å². The molecule has 122 valence electrons. The fourth-order valence-electron chi connectivity index (χ4n) is 2.94. The van der Waals surface area contributed by atoms with Crippen molar-refractivity contribution in [1.29, 1.82) is 0 Å². The molecule has 0 saturated heterocycles. The van der Waals surface area contributed by atoms with E-state index in [1.54, 1.807) is 0 Å². The molecule has 1 heterocycles. The summed E-state index contributed by atoms with van der Waals surface area (Å²) in [5.74, 6) is 0. The lowest BCUT2D eigenvalue weighted by Gasteiger charge is -2.03. The lowest BCUT2D eigenvalue weighted by Crippen LogP contribution is -2.25. The Bertz CT molecular complexity index is 547. The predicted molar refractivity (Wildman–Crippen MR) is 91.7 cm³/mol. The van der Waals surface area contributed by atoms with Crippen molar-refractivity contribution in [2.45, 2.75) is 65.0 Å². The van der Waals surface area contributed by atoms with Gasteiger partial charge in [-0.15, -0.1) is 0 Å². The number of benzene rings is 1. The van der Waals surface area contributed by atoms with Crippen LogP contribution in [0.15, 0.2) is 30.6 Å². The molecule has 22 heavy (non-hydrogen) atoms. The number of aromatic nitrogens is 2. The highest BCUT2D eigenvalue weighted by Crippen LogP contribution is 2.11. The molecule has 0 radical (unpaired) electrons. The molecular weight excluding hydrogens is 272 g/mol. The van der Waals surface area contributed by atoms with Crippen LogP contribution in [0.5, 0.6) is 0 Å². The second kappa shape index (κ2) is 9.62. The van der Waals surface area contributed by atoms with E-state index in [1.807, 2.05) is 0 Å². The van der Waals surface area contributed by atoms with Crippen molar-refractivity contribution < 1.29 is 9.30 Å². The number of aryl methyl sites for hydroxylation is 1. The maximum absolute atomic E-state index is 5.84. The lowest BCUT2D eigenvalue weighted by atomic mass is 10.1. The normalized spacial score (nSPS) is 11.4. The first-order chi connectivity index (χ1) is 10.8. The zero-order chi connectivity index (χ0) is 15.6. The van der Waals surface area contributed by atoms with Gasteiger partial charge in [0.2, 0.25) is 6.33 Å². The van der Waals surface area contributed by atoms with Gasteiger partial charge in [0.1, 0.15) is 0 Å². The molecular formula is C19H31N2O+. The molecule has 3 nitrogen and oxygen atoms in total. The summed E-state index contributed by atoms with van der Waals surface area (Å²) >= 11 is 0. The molecule has 1 aromatic carbocycles. The van der Waals surface area contributed by atoms with Gasteiger partial charge in [-0.25, -0.2) is 9.13 Å². The topological polar surface area (TPSA) is 18.0 Å². The van der Waals surface area contributed by atoms with Crippen molar-refractivity contribution in [2.24, 2.45) is 7.05 Å². The molecule has 2 rings (SSSR count). The van der Waals surface area contributed by atoms with E-state index in [-0.39, 0.29) is 0 Å². The van der Waals surface area contributed by atoms with Gasteiger partial charge in [0, 0.05) is 0 Å². The summed E-state index contributed by atoms with van der Waals surface area (Å²) in [5, 5.41) is 0. The van der Waals surface area contributed by atoms with Crippen molar-refractivity contribution in [1.82, 2.24) is 4.57 Å². The van der Waals surface area contributed by atoms with Gasteiger partial charge in [0.05, 0.1) is 13.7 Å². The number of rotatable bonds is 11. The minimum absolute atomic E-state index is 0.651. The lowest BCUT2D eigenvalue weighted by molar-refractivity contribution is -0.646. The van der Waals surface area contributed by atoms with E-state index in [4.69, 9.17) is 4.74 Å². The minimum atomic E-state index is 0.651. The van der Waals surface area contributed by atoms with Gasteiger partial charge in [-0.05, 0) is 18.6 Å². The number of nitrogens with zero attached hydrogens (tertiary/aromatic N) is 2. The molecule has 1 aromatic heterocycles. The van der Waals surface area contributed by atoms with Crippen LogP contribution in [0.3, 0.4) is 0 Å². The van der Waals surface area contributed by atoms with Crippen LogP contribution in [-0.2, 0) is 18.5 Å². The van der Waals surface area contributed by atoms with Gasteiger partial charge in [-0.2, -0.15) is 0 Å². The first-order valence-corrected chi connectivity index (χ1v) is 8.84. The first kappa shape index (κ1) is 17.0. The third-order valence-electron chi connectivity index (χ3n) is 4.26. The smallest absolute Gasteiger partial charge is 0.246 e. The molecule has 0 N–H and O–H groups in total. The van der Waals surface area contributed by atoms with E-state index in [9.17, 15) is 0 Å². The van der Waals surface area contributed by atoms with Crippen molar-refractivity contribution >= 4 is 11.0 Å². The van der Waals surface area contributed by atoms with Gasteiger partial charge in [-0.3, -0.25) is 0 Å². The predicted octanol–water partition coefficient (Wildman–Crippen LogP) is 4.58. The van der Waals surface area contributed by atoms with E-state index in [0.29, 0.717) is 6.73 Å². The van der Waals surface area contributed by atoms with Crippen LogP contribution in [0.1, 0.15) is 58.3 Å². The van der Waals surface area contributed by atoms with Gasteiger partial charge in [0.15, 0.2) is 17.8 Å². The molecule has 2 aromatic rings. The first-order valence-electron chi connectivity index (χ1n) is 8.84. The average molecular weight is 303 g/mol. The summed E-state index contributed by atoms with van der Waals surface area (Å²) in [4.78, 5) is 0. The monoisotopic (exact) mass is 303 g/mol. The second-order valence-corrected chi connectivity index (χ2v) is 6.20. The number of imidazole rings is 1. The number of ether oxygens (including phenoxy) is 1. The Hall–Kier alpha value is -1.35. The molecule has 0 amide bonds. The van der Waals surface area contributed by atoms with Crippen molar-refractivity contribution in [3.63, 3.8) is 0 Å². The quantitative estimate of drug-likeness (QED) is 0.439. The third kappa shape index (κ3) is 5.13. The van der Waals surface area contributed by atoms with E-state index < -0.39 is 0 Å². The third-order valence-corrected chi connectivity index (χ3v) is 4.26. The molecule has 0 aliphatic rings. The number of unbranched alkanes of at least 4 members (excludes halogenated alkanes) is 7. The van der Waals surface area contributed by atoms with E-state index in [1.165, 1.54) is 62.4 Å². The molecule has 0 spiro atoms. The van der Waals surface area contributed by atoms with Crippen LogP contribution in [-0.4, -0.2) is 11.2 Å². The van der Waals surface area contributed by atoms with Crippen LogP contribution in [0.25, 0.3) is 11.0 Å². The Morgan fingerprint density at radius 3 is 2.41 bits per heavy atom. The highest BCUT2D eigenvalue weighted by molar-refractivity contribution is 5.71. The largest absolute Gasteiger partial charge is 0.342 e. The SMILES string of the molecule is CCCCCCCCCCOCn1c[n+](C)c2ccccc21. The molecule has 0 saturated carbocycles. The molecule has 3 heteroatoms. The molecule has 0 atom stereocenters. The summed E-state index contributed by atoms with van der Waals surface area (Å²) in [7, 11) is 2.08. The Morgan fingerprint density at radius 1 is 0.955 bits per heavy atom. The minimum Gasteiger partial charge on any atom is -0.342 e. The second-order valence-electron chi connectivity index (χ2n) is 6.20. The number of hydrogen-bond donors (Lipinski definition) is 0. The van der Waals surface area contributed by atoms with Crippen LogP contribution >= 0.6 is 0 Å². The molecule has 0 fully saturated rings. The summed E-state index contributed by atoms with van der Waals surface area (Å²) in [6.45, 7) is 3.79. The highest BCUT2D eigenvalue weighted by Gasteiger charge is 2.11. The van der Waals surface area contributed by atoms with E-state index in [0.717, 1.165) is 6.61 Å². The number of hydrogen-bond acceptors (Lipinski definition) is 1. The summed E-state index contributed by atoms with van der Waals surface area (Å²) in [5.41, 5.74) is 2.49. The maximum atomic E-state index is 5.84. The van der Waals surface area contributed by atoms with E-state index >= 15 is 0 Å². The fourth-order valence-corrected chi connectivity index (χ4v) is 2.94. The summed E-state index contributed by atoms with van der Waals surface area (Å²) in [6, 6.07) is 8.45. The van der Waals surface area contributed by atoms with Crippen molar-refractivity contribution in [3.8, 4) is 0 Å². The average Bonchev–Trinajstić information content (AvgIpc) is 2.86. The van der Waals surface area contributed by atoms with Gasteiger partial charge in [0.25, 0.3) is 0 Å². The summed E-state index contributed by atoms with van der Waals surface area (Å²) in [6.07, 6.45) is 12.9. The highest BCUT2D eigenvalue weighted by atomic mass is 16.5. The Labute approximate surface area is 134 Å². The fraction of sp³-hybridized carbons (Fsp3) is 0.632. The molecule has 0 unspecified atom stereocenters. The summed E-state index contributed by atoms with van der Waals surface area (Å²) < 4.78 is 10.2. The Morgan fingerprint density at radius 2 is 1.64 bits per heavy atom. The van der Waals surface area contributed by atoms with Crippen LogP contribution in [0.2, 0.25) is 0 Å². The van der Waals surface area contributed by atoms with Crippen LogP contribution in [0, 0.1) is 0 Å². The zero-order valence-electron chi connectivity index (χ0n) is 14.3. The molecule has 0 aliphatic carbocycles. The van der Waals surface area contributed by atoms with Gasteiger partial charge < -0.3 is 4.74 Å². The Balaban J connectivity index is 1.59. The van der Waals surface area contributed by atoms with Crippen LogP contribution in [0.4, 0.5) is 0 Å². The molecule has 0 bridgehead atoms. The number of fused-ring (bicyclic) bond motifs is 1. The van der Waals surface area contributed by atoms with Gasteiger partial charge in [-0.1, -0.05) is 64.0 Å². The van der Waals surface area contributed by atoms with Crippen LogP contribution < -0.4 is 4.57 Å². The molecule has 0 aliphatic heterocycles. The number of para-hydroxylation sites is 2. The van der Waals surface area contributed by atoms with Crippen molar-refractivity contribution in [2.75, 3.05) is 6.61 Å². The standard InChI is InChI=1S/C19H31N2O/c1-3-4-5-6-7-8-9-12-15-22-17-21-16-20(2)18-13-10-11-14-19(18)21/h10-11,13-14,16H,3-9,12,15,17H2,1-2H3/q+1. The van der Waals surface area contributed by atoms with Crippen molar-refractivity contribution in [3.05, 3.63) is 30.6 Å². The van der Waals surface area contributed by atoms with E-state index in [2.05, 4.69) is 53.7 Å². The Kier molecular flexibility index (Phi) is 7.44.